The van der Waals surface area contributed by atoms with Crippen molar-refractivity contribution in [3.05, 3.63) is 30.2 Å². The fourth-order valence-corrected chi connectivity index (χ4v) is 2.05. The Morgan fingerprint density at radius 1 is 1.45 bits per heavy atom. The first-order valence-corrected chi connectivity index (χ1v) is 5.94. The molecule has 0 atom stereocenters. The topological polar surface area (TPSA) is 92.0 Å². The molecule has 0 unspecified atom stereocenters. The highest BCUT2D eigenvalue weighted by molar-refractivity contribution is 5.80. The maximum absolute atomic E-state index is 13.6. The van der Waals surface area contributed by atoms with Gasteiger partial charge in [0.25, 0.3) is 0 Å². The Kier molecular flexibility index (Phi) is 2.97. The van der Waals surface area contributed by atoms with Crippen LogP contribution in [-0.2, 0) is 13.0 Å². The van der Waals surface area contributed by atoms with Gasteiger partial charge >= 0.3 is 0 Å². The van der Waals surface area contributed by atoms with E-state index in [1.54, 1.807) is 10.6 Å². The van der Waals surface area contributed by atoms with Gasteiger partial charge in [-0.2, -0.15) is 4.98 Å². The first-order chi connectivity index (χ1) is 9.69. The number of halogens is 1. The van der Waals surface area contributed by atoms with Crippen molar-refractivity contribution in [2.45, 2.75) is 13.0 Å². The van der Waals surface area contributed by atoms with Crippen molar-refractivity contribution >= 4 is 17.0 Å². The zero-order valence-electron chi connectivity index (χ0n) is 10.7. The maximum atomic E-state index is 13.6. The number of rotatable bonds is 4. The van der Waals surface area contributed by atoms with Crippen molar-refractivity contribution in [2.24, 2.45) is 0 Å². The lowest BCUT2D eigenvalue weighted by Crippen LogP contribution is -2.06. The lowest BCUT2D eigenvalue weighted by atomic mass is 10.2. The van der Waals surface area contributed by atoms with E-state index in [2.05, 4.69) is 15.1 Å². The van der Waals surface area contributed by atoms with Crippen molar-refractivity contribution < 1.29 is 13.7 Å². The average Bonchev–Trinajstić information content (AvgIpc) is 3.03. The molecule has 1 aromatic carbocycles. The van der Waals surface area contributed by atoms with Crippen LogP contribution < -0.4 is 10.5 Å². The van der Waals surface area contributed by atoms with E-state index < -0.39 is 5.82 Å². The summed E-state index contributed by atoms with van der Waals surface area (Å²) in [6.45, 7) is 0.499. The van der Waals surface area contributed by atoms with Gasteiger partial charge in [0.2, 0.25) is 11.8 Å². The normalized spacial score (nSPS) is 11.1. The summed E-state index contributed by atoms with van der Waals surface area (Å²) in [6.07, 6.45) is 1.85. The number of nitrogens with zero attached hydrogens (tertiary/aromatic N) is 4. The van der Waals surface area contributed by atoms with Crippen molar-refractivity contribution in [1.82, 2.24) is 19.7 Å². The number of benzene rings is 1. The van der Waals surface area contributed by atoms with Crippen LogP contribution in [0, 0.1) is 5.82 Å². The van der Waals surface area contributed by atoms with E-state index in [0.717, 1.165) is 0 Å². The number of imidazole rings is 1. The molecule has 20 heavy (non-hydrogen) atoms. The number of nitrogens with two attached hydrogens (primary N) is 1. The molecule has 2 N–H and O–H groups in total. The molecule has 0 aliphatic heterocycles. The SMILES string of the molecule is COc1cc2c(cc1F)nc(N)n2CCc1ncno1. The second-order valence-electron chi connectivity index (χ2n) is 4.18. The number of ether oxygens (including phenoxy) is 1. The Morgan fingerprint density at radius 2 is 2.30 bits per heavy atom. The predicted octanol–water partition coefficient (Wildman–Crippen LogP) is 1.39. The van der Waals surface area contributed by atoms with Gasteiger partial charge < -0.3 is 19.6 Å². The van der Waals surface area contributed by atoms with Gasteiger partial charge in [0, 0.05) is 25.1 Å². The molecule has 0 saturated heterocycles. The van der Waals surface area contributed by atoms with E-state index in [4.69, 9.17) is 15.0 Å². The van der Waals surface area contributed by atoms with E-state index in [1.807, 2.05) is 0 Å². The van der Waals surface area contributed by atoms with E-state index in [1.165, 1.54) is 19.5 Å². The van der Waals surface area contributed by atoms with Gasteiger partial charge in [-0.3, -0.25) is 0 Å². The number of methoxy groups -OCH3 is 1. The summed E-state index contributed by atoms with van der Waals surface area (Å²) in [6, 6.07) is 2.87. The van der Waals surface area contributed by atoms with Crippen LogP contribution in [0.25, 0.3) is 11.0 Å². The fourth-order valence-electron chi connectivity index (χ4n) is 2.05. The molecule has 0 aliphatic rings. The Hall–Kier alpha value is -2.64. The molecule has 0 aliphatic carbocycles. The second kappa shape index (κ2) is 4.80. The minimum Gasteiger partial charge on any atom is -0.494 e. The highest BCUT2D eigenvalue weighted by Gasteiger charge is 2.13. The van der Waals surface area contributed by atoms with E-state index in [0.29, 0.717) is 35.8 Å². The van der Waals surface area contributed by atoms with Gasteiger partial charge in [0.1, 0.15) is 0 Å². The van der Waals surface area contributed by atoms with Crippen LogP contribution >= 0.6 is 0 Å². The van der Waals surface area contributed by atoms with Crippen molar-refractivity contribution in [3.8, 4) is 5.75 Å². The molecular weight excluding hydrogens is 265 g/mol. The molecule has 8 heteroatoms. The number of fused-ring (bicyclic) bond motifs is 1. The zero-order valence-corrected chi connectivity index (χ0v) is 10.7. The molecule has 7 nitrogen and oxygen atoms in total. The van der Waals surface area contributed by atoms with Crippen molar-refractivity contribution in [1.29, 1.82) is 0 Å². The lowest BCUT2D eigenvalue weighted by molar-refractivity contribution is 0.371. The molecule has 3 rings (SSSR count). The number of aryl methyl sites for hydroxylation is 2. The molecule has 0 radical (unpaired) electrons. The van der Waals surface area contributed by atoms with Gasteiger partial charge in [-0.1, -0.05) is 5.16 Å². The van der Waals surface area contributed by atoms with Gasteiger partial charge in [0.05, 0.1) is 18.1 Å². The Bertz CT molecular complexity index is 738. The van der Waals surface area contributed by atoms with Gasteiger partial charge in [-0.15, -0.1) is 0 Å². The quantitative estimate of drug-likeness (QED) is 0.774. The molecule has 0 amide bonds. The fraction of sp³-hybridized carbons (Fsp3) is 0.250. The molecule has 0 saturated carbocycles. The Balaban J connectivity index is 1.98. The molecular formula is C12H12FN5O2. The smallest absolute Gasteiger partial charge is 0.228 e. The minimum absolute atomic E-state index is 0.149. The summed E-state index contributed by atoms with van der Waals surface area (Å²) in [5.74, 6) is 0.477. The second-order valence-corrected chi connectivity index (χ2v) is 4.18. The molecule has 2 aromatic heterocycles. The van der Waals surface area contributed by atoms with Crippen LogP contribution in [0.2, 0.25) is 0 Å². The summed E-state index contributed by atoms with van der Waals surface area (Å²) < 4.78 is 25.3. The third-order valence-corrected chi connectivity index (χ3v) is 3.01. The highest BCUT2D eigenvalue weighted by Crippen LogP contribution is 2.26. The standard InChI is InChI=1S/C12H12FN5O2/c1-19-10-5-9-8(4-7(10)13)17-12(14)18(9)3-2-11-15-6-16-20-11/h4-6H,2-3H2,1H3,(H2,14,17). The minimum atomic E-state index is -0.471. The van der Waals surface area contributed by atoms with Gasteiger partial charge in [-0.05, 0) is 0 Å². The number of nitrogen functional groups attached to an aromatic ring is 1. The van der Waals surface area contributed by atoms with Gasteiger partial charge in [0.15, 0.2) is 17.9 Å². The first kappa shape index (κ1) is 12.4. The maximum Gasteiger partial charge on any atom is 0.228 e. The number of hydrogen-bond acceptors (Lipinski definition) is 6. The number of hydrogen-bond donors (Lipinski definition) is 1. The van der Waals surface area contributed by atoms with Crippen LogP contribution in [0.15, 0.2) is 23.0 Å². The van der Waals surface area contributed by atoms with Crippen LogP contribution in [0.4, 0.5) is 10.3 Å². The summed E-state index contributed by atoms with van der Waals surface area (Å²) in [5, 5.41) is 3.53. The third kappa shape index (κ3) is 2.04. The third-order valence-electron chi connectivity index (χ3n) is 3.01. The number of anilines is 1. The summed E-state index contributed by atoms with van der Waals surface area (Å²) in [7, 11) is 1.41. The molecule has 2 heterocycles. The van der Waals surface area contributed by atoms with Crippen LogP contribution in [0.3, 0.4) is 0 Å². The average molecular weight is 277 g/mol. The summed E-state index contributed by atoms with van der Waals surface area (Å²) in [4.78, 5) is 8.06. The molecule has 3 aromatic rings. The molecule has 0 fully saturated rings. The van der Waals surface area contributed by atoms with E-state index in [9.17, 15) is 4.39 Å². The van der Waals surface area contributed by atoms with E-state index >= 15 is 0 Å². The zero-order chi connectivity index (χ0) is 14.1. The van der Waals surface area contributed by atoms with Crippen LogP contribution in [-0.4, -0.2) is 26.8 Å². The van der Waals surface area contributed by atoms with Crippen LogP contribution in [0.1, 0.15) is 5.89 Å². The highest BCUT2D eigenvalue weighted by atomic mass is 19.1. The van der Waals surface area contributed by atoms with Crippen molar-refractivity contribution in [3.63, 3.8) is 0 Å². The predicted molar refractivity (Wildman–Crippen MR) is 68.7 cm³/mol. The summed E-state index contributed by atoms with van der Waals surface area (Å²) >= 11 is 0. The molecule has 104 valence electrons. The van der Waals surface area contributed by atoms with Crippen molar-refractivity contribution in [2.75, 3.05) is 12.8 Å². The largest absolute Gasteiger partial charge is 0.494 e. The first-order valence-electron chi connectivity index (χ1n) is 5.94. The monoisotopic (exact) mass is 277 g/mol. The molecule has 0 spiro atoms. The lowest BCUT2D eigenvalue weighted by Gasteiger charge is -2.06. The number of aromatic nitrogens is 4. The summed E-state index contributed by atoms with van der Waals surface area (Å²) in [5.41, 5.74) is 7.03. The van der Waals surface area contributed by atoms with Gasteiger partial charge in [-0.25, -0.2) is 9.37 Å². The Morgan fingerprint density at radius 3 is 3.00 bits per heavy atom. The Labute approximate surface area is 113 Å². The van der Waals surface area contributed by atoms with E-state index in [-0.39, 0.29) is 5.75 Å². The van der Waals surface area contributed by atoms with Crippen LogP contribution in [0.5, 0.6) is 5.75 Å². The molecule has 0 bridgehead atoms.